The Bertz CT molecular complexity index is 651. The van der Waals surface area contributed by atoms with Gasteiger partial charge in [0.15, 0.2) is 0 Å². The first kappa shape index (κ1) is 14.5. The Morgan fingerprint density at radius 1 is 1.43 bits per heavy atom. The molecule has 1 atom stereocenters. The number of ether oxygens (including phenoxy) is 1. The first-order valence-corrected chi connectivity index (χ1v) is 8.30. The van der Waals surface area contributed by atoms with Gasteiger partial charge in [-0.1, -0.05) is 23.7 Å². The van der Waals surface area contributed by atoms with Gasteiger partial charge >= 0.3 is 5.97 Å². The minimum atomic E-state index is -0.203. The highest BCUT2D eigenvalue weighted by atomic mass is 35.5. The van der Waals surface area contributed by atoms with E-state index in [0.717, 1.165) is 35.5 Å². The number of thiazole rings is 1. The van der Waals surface area contributed by atoms with E-state index in [0.29, 0.717) is 11.6 Å². The zero-order valence-corrected chi connectivity index (χ0v) is 13.3. The zero-order valence-electron chi connectivity index (χ0n) is 11.8. The highest BCUT2D eigenvalue weighted by Gasteiger charge is 2.31. The summed E-state index contributed by atoms with van der Waals surface area (Å²) >= 11 is 7.59. The maximum atomic E-state index is 12.1. The second-order valence-electron chi connectivity index (χ2n) is 5.03. The maximum Gasteiger partial charge on any atom is 0.315 e. The van der Waals surface area contributed by atoms with E-state index >= 15 is 0 Å². The fraction of sp³-hybridized carbons (Fsp3) is 0.375. The van der Waals surface area contributed by atoms with E-state index in [9.17, 15) is 4.79 Å². The van der Waals surface area contributed by atoms with Gasteiger partial charge in [-0.3, -0.25) is 4.79 Å². The zero-order chi connectivity index (χ0) is 14.8. The second-order valence-corrected chi connectivity index (χ2v) is 6.55. The van der Waals surface area contributed by atoms with Crippen molar-refractivity contribution in [2.24, 2.45) is 0 Å². The van der Waals surface area contributed by atoms with Crippen molar-refractivity contribution in [3.8, 4) is 10.6 Å². The van der Waals surface area contributed by atoms with E-state index < -0.39 is 0 Å². The van der Waals surface area contributed by atoms with Gasteiger partial charge < -0.3 is 4.74 Å². The second kappa shape index (κ2) is 6.16. The quantitative estimate of drug-likeness (QED) is 0.784. The molecule has 3 rings (SSSR count). The maximum absolute atomic E-state index is 12.1. The number of rotatable bonds is 3. The number of hydrogen-bond donors (Lipinski definition) is 0. The summed E-state index contributed by atoms with van der Waals surface area (Å²) in [6, 6.07) is 7.65. The topological polar surface area (TPSA) is 39.2 Å². The molecule has 1 aliphatic rings. The van der Waals surface area contributed by atoms with Crippen LogP contribution in [0.25, 0.3) is 10.6 Å². The lowest BCUT2D eigenvalue weighted by atomic mass is 9.91. The average Bonchev–Trinajstić information content (AvgIpc) is 2.92. The number of carbonyl (C=O) groups excluding carboxylic acids is 1. The summed E-state index contributed by atoms with van der Waals surface area (Å²) < 4.78 is 5.18. The Hall–Kier alpha value is -1.39. The molecule has 110 valence electrons. The number of fused-ring (bicyclic) bond motifs is 1. The van der Waals surface area contributed by atoms with E-state index in [1.807, 2.05) is 31.2 Å². The third-order valence-electron chi connectivity index (χ3n) is 3.62. The molecular formula is C16H16ClNO2S. The van der Waals surface area contributed by atoms with Crippen molar-refractivity contribution in [3.63, 3.8) is 0 Å². The van der Waals surface area contributed by atoms with Gasteiger partial charge in [0.25, 0.3) is 0 Å². The predicted octanol–water partition coefficient (Wildman–Crippen LogP) is 4.45. The standard InChI is InChI=1S/C16H16ClNO2S/c1-2-20-16(19)12-4-3-5-13-14(12)18-15(21-13)10-6-8-11(17)9-7-10/h6-9,12H,2-5H2,1H3. The lowest BCUT2D eigenvalue weighted by Crippen LogP contribution is -2.20. The van der Waals surface area contributed by atoms with Crippen LogP contribution in [0.4, 0.5) is 0 Å². The van der Waals surface area contributed by atoms with E-state index in [2.05, 4.69) is 0 Å². The van der Waals surface area contributed by atoms with Gasteiger partial charge in [-0.05, 0) is 38.3 Å². The van der Waals surface area contributed by atoms with Crippen molar-refractivity contribution in [2.75, 3.05) is 6.61 Å². The predicted molar refractivity (Wildman–Crippen MR) is 84.9 cm³/mol. The molecule has 0 fully saturated rings. The molecule has 0 amide bonds. The Labute approximate surface area is 132 Å². The lowest BCUT2D eigenvalue weighted by Gasteiger charge is -2.19. The van der Waals surface area contributed by atoms with Crippen LogP contribution in [0.15, 0.2) is 24.3 Å². The van der Waals surface area contributed by atoms with Crippen LogP contribution in [-0.4, -0.2) is 17.6 Å². The minimum Gasteiger partial charge on any atom is -0.465 e. The van der Waals surface area contributed by atoms with E-state index in [4.69, 9.17) is 21.3 Å². The molecule has 21 heavy (non-hydrogen) atoms. The Morgan fingerprint density at radius 2 is 2.19 bits per heavy atom. The summed E-state index contributed by atoms with van der Waals surface area (Å²) in [6.07, 6.45) is 2.84. The van der Waals surface area contributed by atoms with Gasteiger partial charge in [0.1, 0.15) is 10.9 Å². The minimum absolute atomic E-state index is 0.147. The normalized spacial score (nSPS) is 17.3. The summed E-state index contributed by atoms with van der Waals surface area (Å²) in [4.78, 5) is 18.0. The molecule has 5 heteroatoms. The molecule has 0 saturated carbocycles. The van der Waals surface area contributed by atoms with Crippen molar-refractivity contribution >= 4 is 28.9 Å². The highest BCUT2D eigenvalue weighted by Crippen LogP contribution is 2.38. The molecule has 1 aliphatic carbocycles. The third kappa shape index (κ3) is 2.97. The molecule has 1 aromatic heterocycles. The van der Waals surface area contributed by atoms with Gasteiger partial charge in [0.05, 0.1) is 12.3 Å². The van der Waals surface area contributed by atoms with Crippen molar-refractivity contribution in [2.45, 2.75) is 32.1 Å². The van der Waals surface area contributed by atoms with Crippen molar-refractivity contribution in [1.29, 1.82) is 0 Å². The summed E-state index contributed by atoms with van der Waals surface area (Å²) in [7, 11) is 0. The van der Waals surface area contributed by atoms with Crippen molar-refractivity contribution in [1.82, 2.24) is 4.98 Å². The first-order chi connectivity index (χ1) is 10.2. The number of aryl methyl sites for hydroxylation is 1. The van der Waals surface area contributed by atoms with E-state index in [-0.39, 0.29) is 11.9 Å². The first-order valence-electron chi connectivity index (χ1n) is 7.11. The van der Waals surface area contributed by atoms with Crippen molar-refractivity contribution < 1.29 is 9.53 Å². The molecule has 1 aromatic carbocycles. The van der Waals surface area contributed by atoms with E-state index in [1.165, 1.54) is 4.88 Å². The van der Waals surface area contributed by atoms with Crippen LogP contribution in [0, 0.1) is 0 Å². The number of benzene rings is 1. The summed E-state index contributed by atoms with van der Waals surface area (Å²) in [5, 5.41) is 1.66. The van der Waals surface area contributed by atoms with Crippen LogP contribution in [0.2, 0.25) is 5.02 Å². The number of halogens is 1. The van der Waals surface area contributed by atoms with Crippen LogP contribution >= 0.6 is 22.9 Å². The van der Waals surface area contributed by atoms with Crippen LogP contribution in [0.5, 0.6) is 0 Å². The number of carbonyl (C=O) groups is 1. The van der Waals surface area contributed by atoms with Gasteiger partial charge in [0, 0.05) is 15.5 Å². The smallest absolute Gasteiger partial charge is 0.315 e. The lowest BCUT2D eigenvalue weighted by molar-refractivity contribution is -0.145. The number of esters is 1. The van der Waals surface area contributed by atoms with Gasteiger partial charge in [-0.2, -0.15) is 0 Å². The Morgan fingerprint density at radius 3 is 2.90 bits per heavy atom. The molecule has 2 aromatic rings. The molecule has 0 saturated heterocycles. The SMILES string of the molecule is CCOC(=O)C1CCCc2sc(-c3ccc(Cl)cc3)nc21. The molecule has 0 aliphatic heterocycles. The average molecular weight is 322 g/mol. The molecule has 1 unspecified atom stereocenters. The summed E-state index contributed by atoms with van der Waals surface area (Å²) in [5.74, 6) is -0.350. The van der Waals surface area contributed by atoms with Crippen LogP contribution in [-0.2, 0) is 16.0 Å². The molecule has 3 nitrogen and oxygen atoms in total. The van der Waals surface area contributed by atoms with Gasteiger partial charge in [-0.25, -0.2) is 4.98 Å². The number of hydrogen-bond acceptors (Lipinski definition) is 4. The third-order valence-corrected chi connectivity index (χ3v) is 5.05. The fourth-order valence-corrected chi connectivity index (χ4v) is 3.90. The van der Waals surface area contributed by atoms with Gasteiger partial charge in [-0.15, -0.1) is 11.3 Å². The van der Waals surface area contributed by atoms with Crippen molar-refractivity contribution in [3.05, 3.63) is 39.9 Å². The van der Waals surface area contributed by atoms with Gasteiger partial charge in [0.2, 0.25) is 0 Å². The van der Waals surface area contributed by atoms with Crippen LogP contribution < -0.4 is 0 Å². The molecule has 1 heterocycles. The summed E-state index contributed by atoms with van der Waals surface area (Å²) in [6.45, 7) is 2.25. The molecule has 0 bridgehead atoms. The highest BCUT2D eigenvalue weighted by molar-refractivity contribution is 7.15. The Kier molecular flexibility index (Phi) is 4.27. The largest absolute Gasteiger partial charge is 0.465 e. The number of aromatic nitrogens is 1. The monoisotopic (exact) mass is 321 g/mol. The molecule has 0 radical (unpaired) electrons. The summed E-state index contributed by atoms with van der Waals surface area (Å²) in [5.41, 5.74) is 1.95. The fourth-order valence-electron chi connectivity index (χ4n) is 2.61. The molecular weight excluding hydrogens is 306 g/mol. The van der Waals surface area contributed by atoms with Crippen LogP contribution in [0.3, 0.4) is 0 Å². The van der Waals surface area contributed by atoms with Crippen LogP contribution in [0.1, 0.15) is 36.3 Å². The Balaban J connectivity index is 1.94. The molecule has 0 spiro atoms. The van der Waals surface area contributed by atoms with E-state index in [1.54, 1.807) is 11.3 Å². The number of nitrogens with zero attached hydrogens (tertiary/aromatic N) is 1. The molecule has 0 N–H and O–H groups in total.